The van der Waals surface area contributed by atoms with Gasteiger partial charge in [0.25, 0.3) is 0 Å². The van der Waals surface area contributed by atoms with Crippen molar-refractivity contribution >= 4 is 17.3 Å². The van der Waals surface area contributed by atoms with Crippen molar-refractivity contribution < 1.29 is 9.84 Å². The number of aliphatic hydroxyl groups is 1. The molecular weight excluding hydrogens is 288 g/mol. The van der Waals surface area contributed by atoms with E-state index < -0.39 is 5.60 Å². The van der Waals surface area contributed by atoms with Crippen LogP contribution in [0.4, 0.5) is 5.69 Å². The van der Waals surface area contributed by atoms with Gasteiger partial charge in [0.05, 0.1) is 12.2 Å². The molecule has 1 heterocycles. The standard InChI is InChI=1S/C16H25ClN2O2/c1-16(20)5-8-19(9-6-16)15-11-14(17)4-3-13(15)12-18-7-10-21-2/h3-4,11,18,20H,5-10,12H2,1-2H3. The lowest BCUT2D eigenvalue weighted by atomic mass is 9.93. The van der Waals surface area contributed by atoms with Crippen LogP contribution < -0.4 is 10.2 Å². The Bertz CT molecular complexity index is 456. The molecule has 0 spiro atoms. The fourth-order valence-corrected chi connectivity index (χ4v) is 2.77. The van der Waals surface area contributed by atoms with E-state index in [1.807, 2.05) is 19.1 Å². The first-order valence-electron chi connectivity index (χ1n) is 7.47. The molecule has 0 aliphatic carbocycles. The Hall–Kier alpha value is -0.810. The minimum atomic E-state index is -0.536. The van der Waals surface area contributed by atoms with Crippen LogP contribution >= 0.6 is 11.6 Å². The Kier molecular flexibility index (Phi) is 5.88. The van der Waals surface area contributed by atoms with E-state index in [9.17, 15) is 5.11 Å². The Labute approximate surface area is 132 Å². The van der Waals surface area contributed by atoms with Gasteiger partial charge in [-0.3, -0.25) is 0 Å². The molecule has 0 radical (unpaired) electrons. The number of nitrogens with one attached hydrogen (secondary N) is 1. The molecule has 1 aliphatic rings. The third-order valence-corrected chi connectivity index (χ3v) is 4.26. The molecule has 1 fully saturated rings. The molecule has 118 valence electrons. The van der Waals surface area contributed by atoms with Crippen LogP contribution in [0.5, 0.6) is 0 Å². The van der Waals surface area contributed by atoms with Crippen LogP contribution in [0.1, 0.15) is 25.3 Å². The fourth-order valence-electron chi connectivity index (χ4n) is 2.61. The van der Waals surface area contributed by atoms with E-state index in [4.69, 9.17) is 16.3 Å². The van der Waals surface area contributed by atoms with Crippen LogP contribution in [0.15, 0.2) is 18.2 Å². The molecule has 0 atom stereocenters. The highest BCUT2D eigenvalue weighted by Gasteiger charge is 2.28. The second-order valence-corrected chi connectivity index (χ2v) is 6.36. The summed E-state index contributed by atoms with van der Waals surface area (Å²) in [6.07, 6.45) is 1.58. The average Bonchev–Trinajstić information content (AvgIpc) is 2.45. The molecule has 1 saturated heterocycles. The predicted molar refractivity (Wildman–Crippen MR) is 87.1 cm³/mol. The highest BCUT2D eigenvalue weighted by atomic mass is 35.5. The van der Waals surface area contributed by atoms with Crippen LogP contribution in [-0.2, 0) is 11.3 Å². The summed E-state index contributed by atoms with van der Waals surface area (Å²) in [5, 5.41) is 14.2. The molecule has 5 heteroatoms. The lowest BCUT2D eigenvalue weighted by molar-refractivity contribution is 0.0351. The van der Waals surface area contributed by atoms with E-state index in [1.54, 1.807) is 7.11 Å². The number of hydrogen-bond donors (Lipinski definition) is 2. The number of benzene rings is 1. The molecule has 2 rings (SSSR count). The van der Waals surface area contributed by atoms with Crippen molar-refractivity contribution in [1.29, 1.82) is 0 Å². The van der Waals surface area contributed by atoms with E-state index in [2.05, 4.69) is 16.3 Å². The maximum Gasteiger partial charge on any atom is 0.0653 e. The molecular formula is C16H25ClN2O2. The Morgan fingerprint density at radius 1 is 1.38 bits per heavy atom. The highest BCUT2D eigenvalue weighted by Crippen LogP contribution is 2.30. The van der Waals surface area contributed by atoms with Crippen LogP contribution in [0, 0.1) is 0 Å². The van der Waals surface area contributed by atoms with Gasteiger partial charge in [-0.15, -0.1) is 0 Å². The molecule has 1 aromatic carbocycles. The molecule has 0 amide bonds. The van der Waals surface area contributed by atoms with Crippen molar-refractivity contribution in [3.05, 3.63) is 28.8 Å². The number of hydrogen-bond acceptors (Lipinski definition) is 4. The largest absolute Gasteiger partial charge is 0.390 e. The molecule has 4 nitrogen and oxygen atoms in total. The zero-order chi connectivity index (χ0) is 15.3. The number of rotatable bonds is 6. The number of anilines is 1. The molecule has 2 N–H and O–H groups in total. The van der Waals surface area contributed by atoms with E-state index in [0.29, 0.717) is 6.61 Å². The van der Waals surface area contributed by atoms with Gasteiger partial charge in [-0.1, -0.05) is 17.7 Å². The summed E-state index contributed by atoms with van der Waals surface area (Å²) >= 11 is 6.16. The number of piperidine rings is 1. The summed E-state index contributed by atoms with van der Waals surface area (Å²) in [7, 11) is 1.70. The van der Waals surface area contributed by atoms with Gasteiger partial charge in [-0.2, -0.15) is 0 Å². The highest BCUT2D eigenvalue weighted by molar-refractivity contribution is 6.30. The SMILES string of the molecule is COCCNCc1ccc(Cl)cc1N1CCC(C)(O)CC1. The number of halogens is 1. The van der Waals surface area contributed by atoms with Gasteiger partial charge in [-0.05, 0) is 37.5 Å². The van der Waals surface area contributed by atoms with Gasteiger partial charge in [0.1, 0.15) is 0 Å². The summed E-state index contributed by atoms with van der Waals surface area (Å²) in [6, 6.07) is 6.03. The van der Waals surface area contributed by atoms with Crippen molar-refractivity contribution in [2.24, 2.45) is 0 Å². The first-order chi connectivity index (χ1) is 10.0. The summed E-state index contributed by atoms with van der Waals surface area (Å²) in [5.41, 5.74) is 1.87. The van der Waals surface area contributed by atoms with Crippen LogP contribution in [0.2, 0.25) is 5.02 Å². The molecule has 21 heavy (non-hydrogen) atoms. The second kappa shape index (κ2) is 7.45. The Morgan fingerprint density at radius 2 is 2.10 bits per heavy atom. The monoisotopic (exact) mass is 312 g/mol. The predicted octanol–water partition coefficient (Wildman–Crippen LogP) is 2.43. The smallest absolute Gasteiger partial charge is 0.0653 e. The number of nitrogens with zero attached hydrogens (tertiary/aromatic N) is 1. The van der Waals surface area contributed by atoms with E-state index in [0.717, 1.165) is 44.0 Å². The number of ether oxygens (including phenoxy) is 1. The summed E-state index contributed by atoms with van der Waals surface area (Å²) in [6.45, 7) is 5.96. The van der Waals surface area contributed by atoms with Gasteiger partial charge >= 0.3 is 0 Å². The maximum absolute atomic E-state index is 10.1. The lowest BCUT2D eigenvalue weighted by Crippen LogP contribution is -2.43. The summed E-state index contributed by atoms with van der Waals surface area (Å²) in [4.78, 5) is 2.32. The van der Waals surface area contributed by atoms with Crippen molar-refractivity contribution in [2.45, 2.75) is 31.9 Å². The zero-order valence-electron chi connectivity index (χ0n) is 12.9. The topological polar surface area (TPSA) is 44.7 Å². The van der Waals surface area contributed by atoms with Crippen LogP contribution in [0.25, 0.3) is 0 Å². The van der Waals surface area contributed by atoms with E-state index >= 15 is 0 Å². The minimum Gasteiger partial charge on any atom is -0.390 e. The van der Waals surface area contributed by atoms with Gasteiger partial charge in [0.2, 0.25) is 0 Å². The van der Waals surface area contributed by atoms with Gasteiger partial charge < -0.3 is 20.1 Å². The van der Waals surface area contributed by atoms with E-state index in [-0.39, 0.29) is 0 Å². The van der Waals surface area contributed by atoms with E-state index in [1.165, 1.54) is 11.3 Å². The number of methoxy groups -OCH3 is 1. The third-order valence-electron chi connectivity index (χ3n) is 4.03. The second-order valence-electron chi connectivity index (χ2n) is 5.93. The van der Waals surface area contributed by atoms with Gasteiger partial charge in [-0.25, -0.2) is 0 Å². The van der Waals surface area contributed by atoms with Gasteiger partial charge in [0.15, 0.2) is 0 Å². The minimum absolute atomic E-state index is 0.536. The third kappa shape index (κ3) is 4.85. The van der Waals surface area contributed by atoms with Crippen LogP contribution in [-0.4, -0.2) is 44.1 Å². The van der Waals surface area contributed by atoms with Crippen molar-refractivity contribution in [1.82, 2.24) is 5.32 Å². The Morgan fingerprint density at radius 3 is 2.76 bits per heavy atom. The lowest BCUT2D eigenvalue weighted by Gasteiger charge is -2.38. The normalized spacial score (nSPS) is 18.0. The van der Waals surface area contributed by atoms with Gasteiger partial charge in [0, 0.05) is 44.0 Å². The first-order valence-corrected chi connectivity index (χ1v) is 7.85. The van der Waals surface area contributed by atoms with Crippen molar-refractivity contribution in [2.75, 3.05) is 38.3 Å². The molecule has 0 bridgehead atoms. The Balaban J connectivity index is 2.05. The average molecular weight is 313 g/mol. The maximum atomic E-state index is 10.1. The summed E-state index contributed by atoms with van der Waals surface area (Å²) in [5.74, 6) is 0. The molecule has 1 aliphatic heterocycles. The quantitative estimate of drug-likeness (QED) is 0.792. The zero-order valence-corrected chi connectivity index (χ0v) is 13.6. The van der Waals surface area contributed by atoms with Crippen molar-refractivity contribution in [3.8, 4) is 0 Å². The molecule has 1 aromatic rings. The van der Waals surface area contributed by atoms with Crippen LogP contribution in [0.3, 0.4) is 0 Å². The molecule has 0 aromatic heterocycles. The summed E-state index contributed by atoms with van der Waals surface area (Å²) < 4.78 is 5.05. The fraction of sp³-hybridized carbons (Fsp3) is 0.625. The molecule has 0 saturated carbocycles. The van der Waals surface area contributed by atoms with Crippen molar-refractivity contribution in [3.63, 3.8) is 0 Å². The first kappa shape index (κ1) is 16.6. The molecule has 0 unspecified atom stereocenters.